The van der Waals surface area contributed by atoms with Gasteiger partial charge in [-0.3, -0.25) is 14.6 Å². The van der Waals surface area contributed by atoms with E-state index in [9.17, 15) is 0 Å². The highest BCUT2D eigenvalue weighted by Crippen LogP contribution is 2.45. The van der Waals surface area contributed by atoms with Gasteiger partial charge in [0.25, 0.3) is 0 Å². The molecule has 1 aliphatic carbocycles. The van der Waals surface area contributed by atoms with Crippen molar-refractivity contribution in [2.45, 2.75) is 33.2 Å². The van der Waals surface area contributed by atoms with Crippen LogP contribution in [0.2, 0.25) is 0 Å². The third-order valence-corrected chi connectivity index (χ3v) is 9.25. The molecule has 2 aliphatic rings. The Morgan fingerprint density at radius 2 is 1.85 bits per heavy atom. The van der Waals surface area contributed by atoms with Gasteiger partial charge < -0.3 is 15.0 Å². The molecule has 0 amide bonds. The van der Waals surface area contributed by atoms with Crippen LogP contribution in [-0.2, 0) is 19.4 Å². The Kier molecular flexibility index (Phi) is 6.90. The van der Waals surface area contributed by atoms with Crippen LogP contribution in [0.5, 0.6) is 11.5 Å². The number of anilines is 2. The highest BCUT2D eigenvalue weighted by molar-refractivity contribution is 7.22. The minimum Gasteiger partial charge on any atom is -0.455 e. The summed E-state index contributed by atoms with van der Waals surface area (Å²) in [6, 6.07) is 9.99. The topological polar surface area (TPSA) is 84.2 Å². The van der Waals surface area contributed by atoms with Gasteiger partial charge in [0.1, 0.15) is 28.5 Å². The maximum Gasteiger partial charge on any atom is 0.145 e. The number of thiophene rings is 1. The summed E-state index contributed by atoms with van der Waals surface area (Å²) >= 11 is 1.75. The molecular formula is C31H34N8OS. The SMILES string of the molecule is Cc1ccc(Oc2ccc(Nc3ncnc4sc5c(c34)CCc3nn(CCN4CCN(C)CC4)cc3-5)cc2C)cn1. The predicted molar refractivity (Wildman–Crippen MR) is 163 cm³/mol. The number of benzene rings is 1. The van der Waals surface area contributed by atoms with Crippen LogP contribution in [-0.4, -0.2) is 74.3 Å². The fourth-order valence-electron chi connectivity index (χ4n) is 5.67. The summed E-state index contributed by atoms with van der Waals surface area (Å²) in [4.78, 5) is 20.9. The van der Waals surface area contributed by atoms with Gasteiger partial charge in [-0.05, 0) is 75.2 Å². The molecule has 0 unspecified atom stereocenters. The number of hydrogen-bond acceptors (Lipinski definition) is 9. The molecule has 5 aromatic rings. The molecule has 10 heteroatoms. The molecule has 1 fully saturated rings. The fraction of sp³-hybridized carbons (Fsp3) is 0.355. The summed E-state index contributed by atoms with van der Waals surface area (Å²) in [5, 5.41) is 9.67. The number of piperazine rings is 1. The summed E-state index contributed by atoms with van der Waals surface area (Å²) in [7, 11) is 2.20. The van der Waals surface area contributed by atoms with Crippen LogP contribution in [0.1, 0.15) is 22.5 Å². The number of nitrogens with one attached hydrogen (secondary N) is 1. The molecule has 0 radical (unpaired) electrons. The number of aromatic nitrogens is 5. The fourth-order valence-corrected chi connectivity index (χ4v) is 6.89. The van der Waals surface area contributed by atoms with E-state index in [4.69, 9.17) is 9.84 Å². The van der Waals surface area contributed by atoms with Crippen LogP contribution in [0.25, 0.3) is 20.7 Å². The van der Waals surface area contributed by atoms with Gasteiger partial charge in [0.05, 0.1) is 23.8 Å². The molecule has 1 aromatic carbocycles. The minimum absolute atomic E-state index is 0.726. The molecule has 1 aliphatic heterocycles. The van der Waals surface area contributed by atoms with Crippen molar-refractivity contribution in [1.29, 1.82) is 0 Å². The molecule has 0 spiro atoms. The number of fused-ring (bicyclic) bond motifs is 5. The molecule has 5 heterocycles. The second kappa shape index (κ2) is 10.8. The first-order valence-corrected chi connectivity index (χ1v) is 15.0. The summed E-state index contributed by atoms with van der Waals surface area (Å²) in [5.74, 6) is 2.37. The van der Waals surface area contributed by atoms with E-state index in [1.54, 1.807) is 23.9 Å². The van der Waals surface area contributed by atoms with Crippen molar-refractivity contribution in [2.75, 3.05) is 45.1 Å². The highest BCUT2D eigenvalue weighted by Gasteiger charge is 2.26. The lowest BCUT2D eigenvalue weighted by molar-refractivity contribution is 0.148. The van der Waals surface area contributed by atoms with E-state index in [-0.39, 0.29) is 0 Å². The molecule has 0 saturated carbocycles. The van der Waals surface area contributed by atoms with E-state index in [1.165, 1.54) is 21.7 Å². The van der Waals surface area contributed by atoms with Gasteiger partial charge in [-0.25, -0.2) is 9.97 Å². The average Bonchev–Trinajstić information content (AvgIpc) is 3.57. The van der Waals surface area contributed by atoms with E-state index in [2.05, 4.69) is 54.1 Å². The third kappa shape index (κ3) is 5.30. The average molecular weight is 567 g/mol. The van der Waals surface area contributed by atoms with Gasteiger partial charge in [0.2, 0.25) is 0 Å². The maximum absolute atomic E-state index is 6.07. The largest absolute Gasteiger partial charge is 0.455 e. The number of likely N-dealkylation sites (N-methyl/N-ethyl adjacent to an activating group) is 1. The molecule has 0 bridgehead atoms. The molecule has 41 heavy (non-hydrogen) atoms. The monoisotopic (exact) mass is 566 g/mol. The number of pyridine rings is 1. The Morgan fingerprint density at radius 3 is 2.66 bits per heavy atom. The molecule has 1 saturated heterocycles. The zero-order valence-electron chi connectivity index (χ0n) is 23.7. The second-order valence-corrected chi connectivity index (χ2v) is 12.1. The van der Waals surface area contributed by atoms with Crippen LogP contribution >= 0.6 is 11.3 Å². The highest BCUT2D eigenvalue weighted by atomic mass is 32.1. The molecule has 9 nitrogen and oxygen atoms in total. The third-order valence-electron chi connectivity index (χ3n) is 8.07. The summed E-state index contributed by atoms with van der Waals surface area (Å²) in [5.41, 5.74) is 6.72. The Bertz CT molecular complexity index is 1700. The van der Waals surface area contributed by atoms with Gasteiger partial charge in [-0.2, -0.15) is 5.10 Å². The predicted octanol–water partition coefficient (Wildman–Crippen LogP) is 5.45. The summed E-state index contributed by atoms with van der Waals surface area (Å²) in [6.07, 6.45) is 7.52. The van der Waals surface area contributed by atoms with E-state index < -0.39 is 0 Å². The lowest BCUT2D eigenvalue weighted by atomic mass is 9.95. The Morgan fingerprint density at radius 1 is 0.976 bits per heavy atom. The number of hydrogen-bond donors (Lipinski definition) is 1. The van der Waals surface area contributed by atoms with Gasteiger partial charge in [-0.1, -0.05) is 0 Å². The van der Waals surface area contributed by atoms with Gasteiger partial charge in [0, 0.05) is 60.7 Å². The standard InChI is InChI=1S/C31H34N8OS/c1-20-16-22(5-9-27(20)40-23-6-4-21(2)32-17-23)35-30-28-24-7-8-26-25(29(24)41-31(28)34-19-33-30)18-39(36-26)15-14-38-12-10-37(3)11-13-38/h4-6,9,16-19H,7-8,10-15H2,1-3H3,(H,33,34,35). The molecule has 0 atom stereocenters. The van der Waals surface area contributed by atoms with Crippen LogP contribution in [0.4, 0.5) is 11.5 Å². The molecule has 1 N–H and O–H groups in total. The smallest absolute Gasteiger partial charge is 0.145 e. The minimum atomic E-state index is 0.726. The molecule has 4 aromatic heterocycles. The van der Waals surface area contributed by atoms with Crippen LogP contribution in [0.3, 0.4) is 0 Å². The Labute approximate surface area is 243 Å². The second-order valence-electron chi connectivity index (χ2n) is 11.1. The number of nitrogens with zero attached hydrogens (tertiary/aromatic N) is 7. The summed E-state index contributed by atoms with van der Waals surface area (Å²) in [6.45, 7) is 10.5. The van der Waals surface area contributed by atoms with E-state index in [0.717, 1.165) is 96.6 Å². The van der Waals surface area contributed by atoms with Crippen molar-refractivity contribution in [3.05, 3.63) is 71.6 Å². The first kappa shape index (κ1) is 26.1. The quantitative estimate of drug-likeness (QED) is 0.279. The van der Waals surface area contributed by atoms with Gasteiger partial charge in [-0.15, -0.1) is 11.3 Å². The number of rotatable bonds is 7. The number of ether oxygens (including phenoxy) is 1. The normalized spacial score (nSPS) is 15.6. The lowest BCUT2D eigenvalue weighted by Crippen LogP contribution is -2.45. The molecule has 7 rings (SSSR count). The van der Waals surface area contributed by atoms with Crippen LogP contribution < -0.4 is 10.1 Å². The van der Waals surface area contributed by atoms with Crippen LogP contribution in [0.15, 0.2) is 49.1 Å². The van der Waals surface area contributed by atoms with Crippen molar-refractivity contribution < 1.29 is 4.74 Å². The lowest BCUT2D eigenvalue weighted by Gasteiger charge is -2.32. The van der Waals surface area contributed by atoms with E-state index in [0.29, 0.717) is 0 Å². The van der Waals surface area contributed by atoms with Crippen molar-refractivity contribution in [2.24, 2.45) is 0 Å². The van der Waals surface area contributed by atoms with Crippen molar-refractivity contribution in [3.63, 3.8) is 0 Å². The Balaban J connectivity index is 1.11. The van der Waals surface area contributed by atoms with Crippen molar-refractivity contribution in [1.82, 2.24) is 34.5 Å². The maximum atomic E-state index is 6.07. The first-order valence-electron chi connectivity index (χ1n) is 14.2. The summed E-state index contributed by atoms with van der Waals surface area (Å²) < 4.78 is 8.21. The first-order chi connectivity index (χ1) is 20.0. The van der Waals surface area contributed by atoms with Crippen molar-refractivity contribution in [3.8, 4) is 21.9 Å². The van der Waals surface area contributed by atoms with Crippen molar-refractivity contribution >= 4 is 33.1 Å². The zero-order chi connectivity index (χ0) is 27.9. The van der Waals surface area contributed by atoms with E-state index in [1.807, 2.05) is 38.1 Å². The zero-order valence-corrected chi connectivity index (χ0v) is 24.5. The van der Waals surface area contributed by atoms with Gasteiger partial charge >= 0.3 is 0 Å². The van der Waals surface area contributed by atoms with Crippen LogP contribution in [0, 0.1) is 13.8 Å². The molecule has 210 valence electrons. The number of aryl methyl sites for hydroxylation is 4. The Hall–Kier alpha value is -3.86. The van der Waals surface area contributed by atoms with E-state index >= 15 is 0 Å². The molecular weight excluding hydrogens is 532 g/mol. The van der Waals surface area contributed by atoms with Gasteiger partial charge in [0.15, 0.2) is 0 Å².